The first kappa shape index (κ1) is 28.1. The molecule has 5 rings (SSSR count). The van der Waals surface area contributed by atoms with Crippen LogP contribution in [0.5, 0.6) is 0 Å². The lowest BCUT2D eigenvalue weighted by atomic mass is 10.1. The number of amides is 1. The van der Waals surface area contributed by atoms with Gasteiger partial charge in [-0.05, 0) is 31.0 Å². The van der Waals surface area contributed by atoms with E-state index in [0.717, 1.165) is 18.5 Å². The second-order valence-corrected chi connectivity index (χ2v) is 9.56. The van der Waals surface area contributed by atoms with E-state index in [2.05, 4.69) is 25.3 Å². The second-order valence-electron chi connectivity index (χ2n) is 9.56. The lowest BCUT2D eigenvalue weighted by molar-refractivity contribution is -0.138. The summed E-state index contributed by atoms with van der Waals surface area (Å²) in [6.45, 7) is 0.720. The molecule has 4 aromatic rings. The number of carbonyl (C=O) groups is 1. The van der Waals surface area contributed by atoms with Gasteiger partial charge in [-0.1, -0.05) is 0 Å². The predicted molar refractivity (Wildman–Crippen MR) is 139 cm³/mol. The molecule has 1 aliphatic rings. The molecule has 10 nitrogen and oxygen atoms in total. The minimum Gasteiger partial charge on any atom is -0.395 e. The number of fused-ring (bicyclic) bond motifs is 1. The Morgan fingerprint density at radius 3 is 2.44 bits per heavy atom. The Balaban J connectivity index is 1.32. The largest absolute Gasteiger partial charge is 0.419 e. The van der Waals surface area contributed by atoms with Crippen molar-refractivity contribution in [3.05, 3.63) is 65.9 Å². The molecule has 0 spiro atoms. The molecule has 0 bridgehead atoms. The van der Waals surface area contributed by atoms with E-state index < -0.39 is 29.3 Å². The van der Waals surface area contributed by atoms with Crippen molar-refractivity contribution in [3.8, 4) is 0 Å². The highest BCUT2D eigenvalue weighted by atomic mass is 19.4. The fraction of sp³-hybridized carbons (Fsp3) is 0.346. The molecule has 0 saturated carbocycles. The van der Waals surface area contributed by atoms with Crippen molar-refractivity contribution >= 4 is 34.4 Å². The van der Waals surface area contributed by atoms with Gasteiger partial charge in [0.1, 0.15) is 23.6 Å². The van der Waals surface area contributed by atoms with Crippen LogP contribution in [0.1, 0.15) is 34.8 Å². The van der Waals surface area contributed by atoms with Crippen LogP contribution in [0, 0.1) is 11.6 Å². The number of alkyl halides is 3. The van der Waals surface area contributed by atoms with Crippen LogP contribution >= 0.6 is 0 Å². The van der Waals surface area contributed by atoms with Gasteiger partial charge in [0.2, 0.25) is 5.95 Å². The molecule has 0 radical (unpaired) electrons. The number of aromatic nitrogens is 5. The van der Waals surface area contributed by atoms with Crippen LogP contribution in [0.4, 0.5) is 39.4 Å². The number of halogens is 5. The zero-order valence-corrected chi connectivity index (χ0v) is 21.7. The molecular formula is C26H25F5N8O2. The Labute approximate surface area is 230 Å². The van der Waals surface area contributed by atoms with Gasteiger partial charge in [-0.3, -0.25) is 4.79 Å². The Hall–Kier alpha value is -4.40. The maximum absolute atomic E-state index is 15.2. The van der Waals surface area contributed by atoms with Gasteiger partial charge in [-0.15, -0.1) is 0 Å². The molecule has 3 aromatic heterocycles. The maximum Gasteiger partial charge on any atom is 0.419 e. The van der Waals surface area contributed by atoms with Crippen molar-refractivity contribution in [2.75, 3.05) is 43.5 Å². The summed E-state index contributed by atoms with van der Waals surface area (Å²) in [7, 11) is 1.49. The van der Waals surface area contributed by atoms with Crippen molar-refractivity contribution in [1.29, 1.82) is 0 Å². The fourth-order valence-electron chi connectivity index (χ4n) is 4.74. The van der Waals surface area contributed by atoms with Crippen LogP contribution < -0.4 is 10.2 Å². The van der Waals surface area contributed by atoms with Crippen LogP contribution in [0.2, 0.25) is 0 Å². The highest BCUT2D eigenvalue weighted by molar-refractivity contribution is 5.95. The SMILES string of the molecule is CN(CCO)C(=O)c1ccc(Nc2ncnc3c2c(F)cn3C2CCN(c3ncc(C(F)(F)F)cn3)CC2)c(F)c1. The number of aliphatic hydroxyl groups is 1. The Morgan fingerprint density at radius 1 is 1.10 bits per heavy atom. The summed E-state index contributed by atoms with van der Waals surface area (Å²) >= 11 is 0. The van der Waals surface area contributed by atoms with E-state index in [4.69, 9.17) is 5.11 Å². The molecule has 15 heteroatoms. The van der Waals surface area contributed by atoms with Gasteiger partial charge in [-0.25, -0.2) is 28.7 Å². The molecule has 0 unspecified atom stereocenters. The van der Waals surface area contributed by atoms with E-state index in [9.17, 15) is 22.4 Å². The Bertz CT molecular complexity index is 1550. The summed E-state index contributed by atoms with van der Waals surface area (Å²) in [6.07, 6.45) is 0.550. The Kier molecular flexibility index (Phi) is 7.71. The second kappa shape index (κ2) is 11.2. The molecule has 0 atom stereocenters. The van der Waals surface area contributed by atoms with Crippen LogP contribution in [0.3, 0.4) is 0 Å². The van der Waals surface area contributed by atoms with Gasteiger partial charge in [0.05, 0.1) is 23.2 Å². The summed E-state index contributed by atoms with van der Waals surface area (Å²) in [5.41, 5.74) is -0.572. The van der Waals surface area contributed by atoms with Crippen molar-refractivity contribution in [2.24, 2.45) is 0 Å². The number of hydrogen-bond donors (Lipinski definition) is 2. The third kappa shape index (κ3) is 5.75. The van der Waals surface area contributed by atoms with E-state index in [1.807, 2.05) is 0 Å². The van der Waals surface area contributed by atoms with Gasteiger partial charge < -0.3 is 24.8 Å². The minimum absolute atomic E-state index is 0.0247. The summed E-state index contributed by atoms with van der Waals surface area (Å²) < 4.78 is 70.2. The quantitative estimate of drug-likeness (QED) is 0.316. The number of benzene rings is 1. The lowest BCUT2D eigenvalue weighted by Gasteiger charge is -2.32. The van der Waals surface area contributed by atoms with E-state index in [1.165, 1.54) is 36.6 Å². The fourth-order valence-corrected chi connectivity index (χ4v) is 4.74. The smallest absolute Gasteiger partial charge is 0.395 e. The molecule has 0 aliphatic carbocycles. The van der Waals surface area contributed by atoms with Gasteiger partial charge >= 0.3 is 6.18 Å². The number of piperidine rings is 1. The van der Waals surface area contributed by atoms with Crippen molar-refractivity contribution < 1.29 is 31.9 Å². The predicted octanol–water partition coefficient (Wildman–Crippen LogP) is 4.17. The molecule has 1 aromatic carbocycles. The zero-order valence-electron chi connectivity index (χ0n) is 21.7. The first-order valence-electron chi connectivity index (χ1n) is 12.6. The third-order valence-electron chi connectivity index (χ3n) is 6.92. The number of carbonyl (C=O) groups excluding carboxylic acids is 1. The lowest BCUT2D eigenvalue weighted by Crippen LogP contribution is -2.35. The number of anilines is 3. The topological polar surface area (TPSA) is 112 Å². The molecule has 1 aliphatic heterocycles. The highest BCUT2D eigenvalue weighted by Gasteiger charge is 2.32. The summed E-state index contributed by atoms with van der Waals surface area (Å²) in [4.78, 5) is 31.4. The maximum atomic E-state index is 15.2. The molecule has 216 valence electrons. The minimum atomic E-state index is -4.52. The van der Waals surface area contributed by atoms with E-state index in [1.54, 1.807) is 9.47 Å². The van der Waals surface area contributed by atoms with Crippen LogP contribution in [-0.4, -0.2) is 73.7 Å². The van der Waals surface area contributed by atoms with Gasteiger partial charge in [-0.2, -0.15) is 13.2 Å². The molecule has 1 fully saturated rings. The van der Waals surface area contributed by atoms with Crippen LogP contribution in [0.25, 0.3) is 11.0 Å². The summed E-state index contributed by atoms with van der Waals surface area (Å²) in [5.74, 6) is -1.61. The molecule has 41 heavy (non-hydrogen) atoms. The van der Waals surface area contributed by atoms with Crippen molar-refractivity contribution in [2.45, 2.75) is 25.1 Å². The van der Waals surface area contributed by atoms with E-state index >= 15 is 4.39 Å². The number of nitrogens with zero attached hydrogens (tertiary/aromatic N) is 7. The van der Waals surface area contributed by atoms with E-state index in [0.29, 0.717) is 31.6 Å². The number of hydrogen-bond acceptors (Lipinski definition) is 8. The summed E-state index contributed by atoms with van der Waals surface area (Å²) in [6, 6.07) is 3.63. The highest BCUT2D eigenvalue weighted by Crippen LogP contribution is 2.34. The number of rotatable bonds is 7. The normalized spacial score (nSPS) is 14.5. The van der Waals surface area contributed by atoms with Gasteiger partial charge in [0.15, 0.2) is 5.82 Å². The molecular weight excluding hydrogens is 551 g/mol. The average Bonchev–Trinajstić information content (AvgIpc) is 3.30. The number of nitrogens with one attached hydrogen (secondary N) is 1. The van der Waals surface area contributed by atoms with Crippen LogP contribution in [0.15, 0.2) is 43.1 Å². The monoisotopic (exact) mass is 576 g/mol. The first-order chi connectivity index (χ1) is 19.6. The van der Waals surface area contributed by atoms with Crippen molar-refractivity contribution in [3.63, 3.8) is 0 Å². The van der Waals surface area contributed by atoms with E-state index in [-0.39, 0.29) is 47.6 Å². The molecule has 1 saturated heterocycles. The zero-order chi connectivity index (χ0) is 29.3. The Morgan fingerprint density at radius 2 is 1.80 bits per heavy atom. The average molecular weight is 577 g/mol. The van der Waals surface area contributed by atoms with Gasteiger partial charge in [0, 0.05) is 56.9 Å². The standard InChI is InChI=1S/C26H25F5N8O2/c1-37(8-9-40)24(41)15-2-3-20(18(27)10-15)36-22-21-19(28)13-39(23(21)35-14-34-22)17-4-6-38(7-5-17)25-32-11-16(12-33-25)26(29,30)31/h2-3,10-14,17,40H,4-9H2,1H3,(H,34,35,36). The molecule has 2 N–H and O–H groups in total. The van der Waals surface area contributed by atoms with Gasteiger partial charge in [0.25, 0.3) is 5.91 Å². The summed E-state index contributed by atoms with van der Waals surface area (Å²) in [5, 5.41) is 11.9. The van der Waals surface area contributed by atoms with Crippen molar-refractivity contribution in [1.82, 2.24) is 29.4 Å². The van der Waals surface area contributed by atoms with Crippen LogP contribution in [-0.2, 0) is 6.18 Å². The number of likely N-dealkylation sites (N-methyl/N-ethyl adjacent to an activating group) is 1. The molecule has 1 amide bonds. The number of aliphatic hydroxyl groups excluding tert-OH is 1. The third-order valence-corrected chi connectivity index (χ3v) is 6.92. The first-order valence-corrected chi connectivity index (χ1v) is 12.6. The molecule has 4 heterocycles.